The van der Waals surface area contributed by atoms with Crippen molar-refractivity contribution in [3.05, 3.63) is 47.6 Å². The Kier molecular flexibility index (Phi) is 4.08. The number of carbonyl (C=O) groups excluding carboxylic acids is 1. The molecule has 1 saturated heterocycles. The number of nitrogens with zero attached hydrogens (tertiary/aromatic N) is 4. The number of thiazole rings is 1. The third-order valence-corrected chi connectivity index (χ3v) is 5.02. The van der Waals surface area contributed by atoms with Crippen molar-refractivity contribution in [2.24, 2.45) is 0 Å². The van der Waals surface area contributed by atoms with Gasteiger partial charge in [0.1, 0.15) is 0 Å². The van der Waals surface area contributed by atoms with E-state index in [4.69, 9.17) is 0 Å². The Hall–Kier alpha value is -2.54. The van der Waals surface area contributed by atoms with Crippen LogP contribution in [-0.4, -0.2) is 40.2 Å². The van der Waals surface area contributed by atoms with Gasteiger partial charge in [0.05, 0.1) is 15.7 Å². The van der Waals surface area contributed by atoms with Crippen molar-refractivity contribution >= 4 is 33.3 Å². The van der Waals surface area contributed by atoms with Crippen LogP contribution in [0.2, 0.25) is 0 Å². The first-order valence-corrected chi connectivity index (χ1v) is 8.84. The summed E-state index contributed by atoms with van der Waals surface area (Å²) in [6.45, 7) is 1.70. The molecule has 1 amide bonds. The Bertz CT molecular complexity index is 850. The highest BCUT2D eigenvalue weighted by Gasteiger charge is 2.23. The van der Waals surface area contributed by atoms with Gasteiger partial charge in [-0.1, -0.05) is 0 Å². The standard InChI is InChI=1S/C17H17N5OS/c23-17(12-5-6-14-15(9-12)24-11-18-14)20-13-3-2-8-22(10-13)16-4-1-7-19-21-16/h1,4-7,9,11,13H,2-3,8,10H2,(H,20,23)/t13-/m1/s1. The number of nitrogens with one attached hydrogen (secondary N) is 1. The van der Waals surface area contributed by atoms with E-state index < -0.39 is 0 Å². The molecule has 3 aromatic rings. The van der Waals surface area contributed by atoms with Crippen LogP contribution in [0.1, 0.15) is 23.2 Å². The molecule has 1 aliphatic rings. The third-order valence-electron chi connectivity index (χ3n) is 4.23. The third kappa shape index (κ3) is 3.07. The van der Waals surface area contributed by atoms with Crippen LogP contribution in [0.5, 0.6) is 0 Å². The SMILES string of the molecule is O=C(N[C@@H]1CCCN(c2cccnn2)C1)c1ccc2ncsc2c1. The quantitative estimate of drug-likeness (QED) is 0.794. The van der Waals surface area contributed by atoms with E-state index in [9.17, 15) is 4.79 Å². The first kappa shape index (κ1) is 15.0. The van der Waals surface area contributed by atoms with E-state index in [1.165, 1.54) is 0 Å². The van der Waals surface area contributed by atoms with Crippen molar-refractivity contribution in [2.75, 3.05) is 18.0 Å². The van der Waals surface area contributed by atoms with Crippen LogP contribution < -0.4 is 10.2 Å². The lowest BCUT2D eigenvalue weighted by Gasteiger charge is -2.33. The van der Waals surface area contributed by atoms with Gasteiger partial charge >= 0.3 is 0 Å². The molecule has 4 rings (SSSR count). The zero-order valence-corrected chi connectivity index (χ0v) is 13.9. The molecule has 24 heavy (non-hydrogen) atoms. The van der Waals surface area contributed by atoms with E-state index in [0.29, 0.717) is 5.56 Å². The molecular weight excluding hydrogens is 322 g/mol. The summed E-state index contributed by atoms with van der Waals surface area (Å²) in [5.41, 5.74) is 3.41. The van der Waals surface area contributed by atoms with Gasteiger partial charge in [0, 0.05) is 30.9 Å². The number of hydrogen-bond acceptors (Lipinski definition) is 6. The second-order valence-electron chi connectivity index (χ2n) is 5.88. The predicted octanol–water partition coefficient (Wildman–Crippen LogP) is 2.49. The van der Waals surface area contributed by atoms with Crippen LogP contribution >= 0.6 is 11.3 Å². The molecule has 0 aliphatic carbocycles. The summed E-state index contributed by atoms with van der Waals surface area (Å²) in [5.74, 6) is 0.832. The van der Waals surface area contributed by atoms with Gasteiger partial charge in [-0.2, -0.15) is 5.10 Å². The lowest BCUT2D eigenvalue weighted by molar-refractivity contribution is 0.0933. The summed E-state index contributed by atoms with van der Waals surface area (Å²) in [6, 6.07) is 9.59. The second kappa shape index (κ2) is 6.52. The molecule has 2 aromatic heterocycles. The Balaban J connectivity index is 1.45. The molecule has 7 heteroatoms. The molecule has 122 valence electrons. The van der Waals surface area contributed by atoms with Crippen molar-refractivity contribution in [3.63, 3.8) is 0 Å². The molecule has 1 N–H and O–H groups in total. The maximum Gasteiger partial charge on any atom is 0.251 e. The zero-order valence-electron chi connectivity index (χ0n) is 13.1. The number of aromatic nitrogens is 3. The van der Waals surface area contributed by atoms with Crippen LogP contribution in [0.25, 0.3) is 10.2 Å². The second-order valence-corrected chi connectivity index (χ2v) is 6.76. The summed E-state index contributed by atoms with van der Waals surface area (Å²) in [4.78, 5) is 19.0. The van der Waals surface area contributed by atoms with Gasteiger partial charge < -0.3 is 10.2 Å². The van der Waals surface area contributed by atoms with Crippen LogP contribution in [0, 0.1) is 0 Å². The van der Waals surface area contributed by atoms with Crippen molar-refractivity contribution in [1.29, 1.82) is 0 Å². The maximum absolute atomic E-state index is 12.5. The topological polar surface area (TPSA) is 71.0 Å². The van der Waals surface area contributed by atoms with E-state index in [1.54, 1.807) is 23.0 Å². The molecule has 0 radical (unpaired) electrons. The fourth-order valence-corrected chi connectivity index (χ4v) is 3.75. The Morgan fingerprint density at radius 1 is 1.33 bits per heavy atom. The molecule has 1 atom stereocenters. The Labute approximate surface area is 143 Å². The number of hydrogen-bond donors (Lipinski definition) is 1. The Morgan fingerprint density at radius 2 is 2.29 bits per heavy atom. The van der Waals surface area contributed by atoms with Gasteiger partial charge in [0.15, 0.2) is 5.82 Å². The minimum Gasteiger partial charge on any atom is -0.353 e. The van der Waals surface area contributed by atoms with E-state index >= 15 is 0 Å². The Morgan fingerprint density at radius 3 is 3.17 bits per heavy atom. The summed E-state index contributed by atoms with van der Waals surface area (Å²) in [7, 11) is 0. The lowest BCUT2D eigenvalue weighted by Crippen LogP contribution is -2.48. The first-order chi connectivity index (χ1) is 11.8. The molecule has 0 spiro atoms. The summed E-state index contributed by atoms with van der Waals surface area (Å²) in [6.07, 6.45) is 3.67. The molecule has 1 aromatic carbocycles. The fraction of sp³-hybridized carbons (Fsp3) is 0.294. The van der Waals surface area contributed by atoms with Crippen LogP contribution in [0.3, 0.4) is 0 Å². The molecular formula is C17H17N5OS. The maximum atomic E-state index is 12.5. The normalized spacial score (nSPS) is 17.8. The van der Waals surface area contributed by atoms with E-state index in [1.807, 2.05) is 30.3 Å². The number of benzene rings is 1. The fourth-order valence-electron chi connectivity index (χ4n) is 3.03. The summed E-state index contributed by atoms with van der Waals surface area (Å²) in [5, 5.41) is 11.2. The number of fused-ring (bicyclic) bond motifs is 1. The van der Waals surface area contributed by atoms with Crippen LogP contribution in [0.4, 0.5) is 5.82 Å². The monoisotopic (exact) mass is 339 g/mol. The molecule has 1 fully saturated rings. The van der Waals surface area contributed by atoms with Gasteiger partial charge in [-0.05, 0) is 43.2 Å². The number of anilines is 1. The van der Waals surface area contributed by atoms with Gasteiger partial charge in [0.25, 0.3) is 5.91 Å². The number of carbonyl (C=O) groups is 1. The van der Waals surface area contributed by atoms with Crippen molar-refractivity contribution in [2.45, 2.75) is 18.9 Å². The van der Waals surface area contributed by atoms with Crippen molar-refractivity contribution < 1.29 is 4.79 Å². The molecule has 1 aliphatic heterocycles. The average molecular weight is 339 g/mol. The van der Waals surface area contributed by atoms with E-state index in [0.717, 1.165) is 42.0 Å². The van der Waals surface area contributed by atoms with Crippen LogP contribution in [-0.2, 0) is 0 Å². The highest BCUT2D eigenvalue weighted by Crippen LogP contribution is 2.20. The predicted molar refractivity (Wildman–Crippen MR) is 94.4 cm³/mol. The molecule has 3 heterocycles. The molecule has 0 bridgehead atoms. The van der Waals surface area contributed by atoms with E-state index in [-0.39, 0.29) is 11.9 Å². The minimum absolute atomic E-state index is 0.0312. The highest BCUT2D eigenvalue weighted by atomic mass is 32.1. The number of amides is 1. The van der Waals surface area contributed by atoms with Crippen molar-refractivity contribution in [3.8, 4) is 0 Å². The lowest BCUT2D eigenvalue weighted by atomic mass is 10.0. The minimum atomic E-state index is -0.0312. The van der Waals surface area contributed by atoms with E-state index in [2.05, 4.69) is 25.4 Å². The van der Waals surface area contributed by atoms with Gasteiger partial charge in [-0.15, -0.1) is 16.4 Å². The highest BCUT2D eigenvalue weighted by molar-refractivity contribution is 7.16. The van der Waals surface area contributed by atoms with Gasteiger partial charge in [-0.3, -0.25) is 4.79 Å². The smallest absolute Gasteiger partial charge is 0.251 e. The van der Waals surface area contributed by atoms with Crippen molar-refractivity contribution in [1.82, 2.24) is 20.5 Å². The molecule has 0 unspecified atom stereocenters. The number of piperidine rings is 1. The van der Waals surface area contributed by atoms with Crippen LogP contribution in [0.15, 0.2) is 42.0 Å². The molecule has 6 nitrogen and oxygen atoms in total. The summed E-state index contributed by atoms with van der Waals surface area (Å²) < 4.78 is 1.03. The summed E-state index contributed by atoms with van der Waals surface area (Å²) >= 11 is 1.55. The number of rotatable bonds is 3. The average Bonchev–Trinajstić information content (AvgIpc) is 3.10. The molecule has 0 saturated carbocycles. The van der Waals surface area contributed by atoms with Gasteiger partial charge in [0.2, 0.25) is 0 Å². The van der Waals surface area contributed by atoms with Gasteiger partial charge in [-0.25, -0.2) is 4.98 Å². The largest absolute Gasteiger partial charge is 0.353 e. The zero-order chi connectivity index (χ0) is 16.4. The first-order valence-electron chi connectivity index (χ1n) is 7.96.